The molecule has 0 bridgehead atoms. The number of hydrogen-bond acceptors (Lipinski definition) is 3. The molecule has 1 unspecified atom stereocenters. The summed E-state index contributed by atoms with van der Waals surface area (Å²) in [6.45, 7) is 7.49. The zero-order valence-corrected chi connectivity index (χ0v) is 23.8. The molecule has 0 spiro atoms. The van der Waals surface area contributed by atoms with Gasteiger partial charge in [-0.05, 0) is 12.8 Å². The van der Waals surface area contributed by atoms with Gasteiger partial charge in [0.15, 0.2) is 0 Å². The molecular formula is C31H65NO2. The summed E-state index contributed by atoms with van der Waals surface area (Å²) in [7, 11) is 0. The molecular weight excluding hydrogens is 418 g/mol. The number of ether oxygens (including phenoxy) is 2. The number of rotatable bonds is 30. The topological polar surface area (TPSA) is 44.5 Å². The van der Waals surface area contributed by atoms with Crippen molar-refractivity contribution < 1.29 is 9.47 Å². The van der Waals surface area contributed by atoms with Gasteiger partial charge in [0.1, 0.15) is 0 Å². The summed E-state index contributed by atoms with van der Waals surface area (Å²) < 4.78 is 11.8. The Bertz CT molecular complexity index is 350. The Hall–Kier alpha value is -0.120. The van der Waals surface area contributed by atoms with Gasteiger partial charge in [0.2, 0.25) is 0 Å². The van der Waals surface area contributed by atoms with E-state index >= 15 is 0 Å². The lowest BCUT2D eigenvalue weighted by atomic mass is 10.0. The summed E-state index contributed by atoms with van der Waals surface area (Å²) in [5, 5.41) is 0. The molecule has 0 heterocycles. The van der Waals surface area contributed by atoms with Crippen molar-refractivity contribution in [3.63, 3.8) is 0 Å². The van der Waals surface area contributed by atoms with Gasteiger partial charge in [-0.15, -0.1) is 0 Å². The molecule has 1 atom stereocenters. The Morgan fingerprint density at radius 3 is 1.12 bits per heavy atom. The molecule has 0 aromatic heterocycles. The van der Waals surface area contributed by atoms with Crippen LogP contribution in [0.4, 0.5) is 0 Å². The summed E-state index contributed by atoms with van der Waals surface area (Å²) in [5.41, 5.74) is 5.86. The Balaban J connectivity index is 3.25. The molecule has 0 radical (unpaired) electrons. The highest BCUT2D eigenvalue weighted by Gasteiger charge is 2.06. The van der Waals surface area contributed by atoms with Crippen LogP contribution in [-0.4, -0.2) is 32.5 Å². The van der Waals surface area contributed by atoms with Crippen molar-refractivity contribution in [2.45, 2.75) is 174 Å². The van der Waals surface area contributed by atoms with E-state index in [1.165, 1.54) is 148 Å². The first kappa shape index (κ1) is 33.9. The van der Waals surface area contributed by atoms with Gasteiger partial charge < -0.3 is 15.2 Å². The van der Waals surface area contributed by atoms with Crippen molar-refractivity contribution in [2.24, 2.45) is 5.73 Å². The fourth-order valence-corrected chi connectivity index (χ4v) is 4.64. The van der Waals surface area contributed by atoms with Crippen LogP contribution in [0.5, 0.6) is 0 Å². The van der Waals surface area contributed by atoms with Gasteiger partial charge in [-0.25, -0.2) is 0 Å². The Kier molecular flexibility index (Phi) is 30.8. The first-order valence-corrected chi connectivity index (χ1v) is 15.7. The van der Waals surface area contributed by atoms with E-state index in [-0.39, 0.29) is 6.10 Å². The van der Waals surface area contributed by atoms with Crippen molar-refractivity contribution in [3.05, 3.63) is 0 Å². The Morgan fingerprint density at radius 1 is 0.441 bits per heavy atom. The van der Waals surface area contributed by atoms with E-state index < -0.39 is 0 Å². The van der Waals surface area contributed by atoms with Crippen LogP contribution < -0.4 is 5.73 Å². The quantitative estimate of drug-likeness (QED) is 0.103. The predicted octanol–water partition coefficient (Wildman–Crippen LogP) is 9.75. The minimum absolute atomic E-state index is 0.0743. The van der Waals surface area contributed by atoms with E-state index in [0.717, 1.165) is 19.6 Å². The third-order valence-corrected chi connectivity index (χ3v) is 7.06. The molecule has 0 saturated heterocycles. The zero-order valence-electron chi connectivity index (χ0n) is 23.8. The van der Waals surface area contributed by atoms with E-state index in [0.29, 0.717) is 13.2 Å². The van der Waals surface area contributed by atoms with Gasteiger partial charge in [0.05, 0.1) is 12.7 Å². The molecule has 3 heteroatoms. The maximum atomic E-state index is 5.94. The lowest BCUT2D eigenvalue weighted by Crippen LogP contribution is -2.29. The lowest BCUT2D eigenvalue weighted by molar-refractivity contribution is -0.0136. The average molecular weight is 484 g/mol. The van der Waals surface area contributed by atoms with E-state index in [1.54, 1.807) is 0 Å². The minimum Gasteiger partial charge on any atom is -0.379 e. The molecule has 2 N–H and O–H groups in total. The molecule has 0 aliphatic carbocycles. The van der Waals surface area contributed by atoms with Gasteiger partial charge in [0.25, 0.3) is 0 Å². The van der Waals surface area contributed by atoms with Crippen LogP contribution in [-0.2, 0) is 9.47 Å². The molecule has 3 nitrogen and oxygen atoms in total. The van der Waals surface area contributed by atoms with E-state index in [4.69, 9.17) is 15.2 Å². The third kappa shape index (κ3) is 28.1. The summed E-state index contributed by atoms with van der Waals surface area (Å²) in [6.07, 6.45) is 33.2. The molecule has 0 aliphatic heterocycles. The molecule has 0 aromatic rings. The largest absolute Gasteiger partial charge is 0.379 e. The number of unbranched alkanes of at least 4 members (excludes halogenated alkanes) is 22. The smallest absolute Gasteiger partial charge is 0.0930 e. The van der Waals surface area contributed by atoms with Crippen LogP contribution >= 0.6 is 0 Å². The molecule has 0 fully saturated rings. The standard InChI is InChI=1S/C31H65NO2/c1-3-5-7-9-11-13-15-16-17-18-19-21-23-25-27-33-30-31(29-32)34-28-26-24-22-20-14-12-10-8-6-4-2/h31H,3-30,32H2,1-2H3. The van der Waals surface area contributed by atoms with Gasteiger partial charge in [-0.2, -0.15) is 0 Å². The summed E-state index contributed by atoms with van der Waals surface area (Å²) in [6, 6.07) is 0. The molecule has 0 rings (SSSR count). The maximum absolute atomic E-state index is 5.94. The van der Waals surface area contributed by atoms with Gasteiger partial charge in [-0.1, -0.05) is 155 Å². The van der Waals surface area contributed by atoms with Crippen LogP contribution in [0.1, 0.15) is 168 Å². The highest BCUT2D eigenvalue weighted by Crippen LogP contribution is 2.13. The fraction of sp³-hybridized carbons (Fsp3) is 1.00. The molecule has 34 heavy (non-hydrogen) atoms. The highest BCUT2D eigenvalue weighted by molar-refractivity contribution is 4.58. The van der Waals surface area contributed by atoms with Crippen LogP contribution in [0.2, 0.25) is 0 Å². The molecule has 0 saturated carbocycles. The van der Waals surface area contributed by atoms with E-state index in [9.17, 15) is 0 Å². The van der Waals surface area contributed by atoms with Crippen LogP contribution in [0.3, 0.4) is 0 Å². The van der Waals surface area contributed by atoms with Crippen LogP contribution in [0.25, 0.3) is 0 Å². The van der Waals surface area contributed by atoms with E-state index in [1.807, 2.05) is 0 Å². The van der Waals surface area contributed by atoms with E-state index in [2.05, 4.69) is 13.8 Å². The van der Waals surface area contributed by atoms with Crippen molar-refractivity contribution in [2.75, 3.05) is 26.4 Å². The molecule has 0 amide bonds. The average Bonchev–Trinajstić information content (AvgIpc) is 2.85. The van der Waals surface area contributed by atoms with Crippen molar-refractivity contribution in [1.82, 2.24) is 0 Å². The molecule has 0 aromatic carbocycles. The number of hydrogen-bond donors (Lipinski definition) is 1. The predicted molar refractivity (Wildman–Crippen MR) is 152 cm³/mol. The van der Waals surface area contributed by atoms with Gasteiger partial charge in [-0.3, -0.25) is 0 Å². The van der Waals surface area contributed by atoms with Crippen molar-refractivity contribution >= 4 is 0 Å². The first-order valence-electron chi connectivity index (χ1n) is 15.7. The van der Waals surface area contributed by atoms with Crippen molar-refractivity contribution in [1.29, 1.82) is 0 Å². The molecule has 206 valence electrons. The van der Waals surface area contributed by atoms with Gasteiger partial charge in [0, 0.05) is 19.8 Å². The SMILES string of the molecule is CCCCCCCCCCCCCCCCOCC(CN)OCCCCCCCCCCCC. The fourth-order valence-electron chi connectivity index (χ4n) is 4.64. The molecule has 0 aliphatic rings. The Labute approximate surface area is 215 Å². The zero-order chi connectivity index (χ0) is 24.8. The second-order valence-corrected chi connectivity index (χ2v) is 10.6. The lowest BCUT2D eigenvalue weighted by Gasteiger charge is -2.16. The van der Waals surface area contributed by atoms with Crippen LogP contribution in [0.15, 0.2) is 0 Å². The Morgan fingerprint density at radius 2 is 0.765 bits per heavy atom. The summed E-state index contributed by atoms with van der Waals surface area (Å²) in [5.74, 6) is 0. The number of nitrogens with two attached hydrogens (primary N) is 1. The monoisotopic (exact) mass is 484 g/mol. The second kappa shape index (κ2) is 30.9. The minimum atomic E-state index is 0.0743. The van der Waals surface area contributed by atoms with Gasteiger partial charge >= 0.3 is 0 Å². The van der Waals surface area contributed by atoms with Crippen LogP contribution in [0, 0.1) is 0 Å². The third-order valence-electron chi connectivity index (χ3n) is 7.06. The first-order chi connectivity index (χ1) is 16.8. The highest BCUT2D eigenvalue weighted by atomic mass is 16.5. The second-order valence-electron chi connectivity index (χ2n) is 10.6. The summed E-state index contributed by atoms with van der Waals surface area (Å²) >= 11 is 0. The maximum Gasteiger partial charge on any atom is 0.0930 e. The van der Waals surface area contributed by atoms with Crippen molar-refractivity contribution in [3.8, 4) is 0 Å². The summed E-state index contributed by atoms with van der Waals surface area (Å²) in [4.78, 5) is 0. The normalized spacial score (nSPS) is 12.4.